The van der Waals surface area contributed by atoms with Gasteiger partial charge >= 0.3 is 0 Å². The molecule has 0 unspecified atom stereocenters. The highest BCUT2D eigenvalue weighted by Gasteiger charge is 2.12. The largest absolute Gasteiger partial charge is 0.289 e. The Balaban J connectivity index is 2.45. The Bertz CT molecular complexity index is 232. The van der Waals surface area contributed by atoms with Gasteiger partial charge in [-0.15, -0.1) is 0 Å². The molecule has 1 rings (SSSR count). The highest BCUT2D eigenvalue weighted by atomic mass is 14.8. The first-order valence-electron chi connectivity index (χ1n) is 5.60. The van der Waals surface area contributed by atoms with Crippen LogP contribution in [-0.4, -0.2) is 12.3 Å². The molecule has 1 heteroatoms. The van der Waals surface area contributed by atoms with Crippen molar-refractivity contribution in [1.82, 2.24) is 0 Å². The zero-order valence-corrected chi connectivity index (χ0v) is 9.37. The number of nitrogens with zero attached hydrogens (tertiary/aromatic N) is 1. The maximum Gasteiger partial charge on any atom is 0.0713 e. The lowest BCUT2D eigenvalue weighted by Gasteiger charge is -2.08. The first-order valence-corrected chi connectivity index (χ1v) is 5.60. The van der Waals surface area contributed by atoms with E-state index in [1.54, 1.807) is 0 Å². The van der Waals surface area contributed by atoms with Crippen molar-refractivity contribution in [2.24, 2.45) is 10.9 Å². The summed E-state index contributed by atoms with van der Waals surface area (Å²) in [5.41, 5.74) is 1.22. The monoisotopic (exact) mass is 191 g/mol. The molecule has 1 aliphatic carbocycles. The van der Waals surface area contributed by atoms with Crippen LogP contribution in [0.1, 0.15) is 39.5 Å². The third-order valence-corrected chi connectivity index (χ3v) is 2.97. The van der Waals surface area contributed by atoms with Gasteiger partial charge in [-0.3, -0.25) is 4.99 Å². The van der Waals surface area contributed by atoms with Crippen molar-refractivity contribution in [3.63, 3.8) is 0 Å². The normalized spacial score (nSPS) is 21.7. The Morgan fingerprint density at radius 3 is 2.57 bits per heavy atom. The summed E-state index contributed by atoms with van der Waals surface area (Å²) in [7, 11) is 0. The molecule has 0 aromatic heterocycles. The van der Waals surface area contributed by atoms with E-state index in [-0.39, 0.29) is 6.04 Å². The van der Waals surface area contributed by atoms with Gasteiger partial charge in [0.05, 0.1) is 6.04 Å². The van der Waals surface area contributed by atoms with Gasteiger partial charge in [0, 0.05) is 6.21 Å². The minimum absolute atomic E-state index is 0.276. The topological polar surface area (TPSA) is 12.4 Å². The first-order chi connectivity index (χ1) is 6.77. The Morgan fingerprint density at radius 1 is 1.43 bits per heavy atom. The minimum atomic E-state index is 0.276. The Kier molecular flexibility index (Phi) is 4.64. The highest BCUT2D eigenvalue weighted by Crippen LogP contribution is 2.23. The fraction of sp³-hybridized carbons (Fsp3) is 0.615. The van der Waals surface area contributed by atoms with E-state index < -0.39 is 0 Å². The van der Waals surface area contributed by atoms with Crippen LogP contribution >= 0.6 is 0 Å². The smallest absolute Gasteiger partial charge is 0.0713 e. The first kappa shape index (κ1) is 11.2. The molecule has 0 bridgehead atoms. The van der Waals surface area contributed by atoms with Crippen LogP contribution in [0.3, 0.4) is 0 Å². The van der Waals surface area contributed by atoms with Crippen molar-refractivity contribution < 1.29 is 0 Å². The summed E-state index contributed by atoms with van der Waals surface area (Å²) >= 11 is 0. The second-order valence-corrected chi connectivity index (χ2v) is 4.01. The van der Waals surface area contributed by atoms with Crippen LogP contribution in [0.15, 0.2) is 29.3 Å². The van der Waals surface area contributed by atoms with Crippen molar-refractivity contribution in [1.29, 1.82) is 0 Å². The molecule has 0 heterocycles. The van der Waals surface area contributed by atoms with Crippen molar-refractivity contribution >= 4 is 6.21 Å². The fourth-order valence-electron chi connectivity index (χ4n) is 1.97. The number of hydrogen-bond acceptors (Lipinski definition) is 1. The van der Waals surface area contributed by atoms with Crippen LogP contribution in [0.2, 0.25) is 0 Å². The van der Waals surface area contributed by atoms with Gasteiger partial charge in [-0.25, -0.2) is 0 Å². The van der Waals surface area contributed by atoms with E-state index in [0.717, 1.165) is 5.92 Å². The molecule has 0 aromatic carbocycles. The molecule has 1 aliphatic rings. The zero-order valence-electron chi connectivity index (χ0n) is 9.37. The molecule has 1 fully saturated rings. The van der Waals surface area contributed by atoms with Gasteiger partial charge in [0.2, 0.25) is 0 Å². The molecule has 0 aliphatic heterocycles. The van der Waals surface area contributed by atoms with E-state index >= 15 is 0 Å². The van der Waals surface area contributed by atoms with E-state index in [4.69, 9.17) is 0 Å². The second kappa shape index (κ2) is 5.79. The van der Waals surface area contributed by atoms with E-state index in [2.05, 4.69) is 30.8 Å². The van der Waals surface area contributed by atoms with E-state index in [1.807, 2.05) is 13.0 Å². The number of aliphatic imine (C=N–C) groups is 1. The van der Waals surface area contributed by atoms with Gasteiger partial charge in [-0.05, 0) is 38.2 Å². The van der Waals surface area contributed by atoms with Crippen LogP contribution in [0, 0.1) is 5.92 Å². The lowest BCUT2D eigenvalue weighted by atomic mass is 10.1. The maximum absolute atomic E-state index is 4.58. The van der Waals surface area contributed by atoms with Gasteiger partial charge in [0.15, 0.2) is 0 Å². The van der Waals surface area contributed by atoms with Crippen LogP contribution in [0.5, 0.6) is 0 Å². The number of rotatable bonds is 4. The van der Waals surface area contributed by atoms with Crippen LogP contribution in [-0.2, 0) is 0 Å². The van der Waals surface area contributed by atoms with Gasteiger partial charge in [-0.2, -0.15) is 0 Å². The summed E-state index contributed by atoms with van der Waals surface area (Å²) in [4.78, 5) is 4.58. The molecule has 0 amide bonds. The Hall–Kier alpha value is -0.850. The summed E-state index contributed by atoms with van der Waals surface area (Å²) in [6.45, 7) is 7.96. The SMILES string of the molecule is C=C/C(=C\C)[C@H](C)N=CC1CCCC1. The predicted octanol–water partition coefficient (Wildman–Crippen LogP) is 3.77. The van der Waals surface area contributed by atoms with E-state index in [1.165, 1.54) is 31.3 Å². The molecule has 0 aromatic rings. The summed E-state index contributed by atoms with van der Waals surface area (Å²) in [5.74, 6) is 0.736. The molecule has 1 atom stereocenters. The second-order valence-electron chi connectivity index (χ2n) is 4.01. The zero-order chi connectivity index (χ0) is 10.4. The molecule has 0 radical (unpaired) electrons. The summed E-state index contributed by atoms with van der Waals surface area (Å²) < 4.78 is 0. The van der Waals surface area contributed by atoms with Crippen molar-refractivity contribution in [3.8, 4) is 0 Å². The molecule has 1 saturated carbocycles. The van der Waals surface area contributed by atoms with Gasteiger partial charge < -0.3 is 0 Å². The highest BCUT2D eigenvalue weighted by molar-refractivity contribution is 5.61. The third kappa shape index (κ3) is 3.13. The summed E-state index contributed by atoms with van der Waals surface area (Å²) in [5, 5.41) is 0. The molecular weight excluding hydrogens is 170 g/mol. The van der Waals surface area contributed by atoms with E-state index in [9.17, 15) is 0 Å². The molecule has 14 heavy (non-hydrogen) atoms. The molecule has 78 valence electrons. The number of hydrogen-bond donors (Lipinski definition) is 0. The third-order valence-electron chi connectivity index (χ3n) is 2.97. The predicted molar refractivity (Wildman–Crippen MR) is 63.9 cm³/mol. The van der Waals surface area contributed by atoms with Crippen molar-refractivity contribution in [3.05, 3.63) is 24.3 Å². The Labute approximate surface area is 87.6 Å². The lowest BCUT2D eigenvalue weighted by Crippen LogP contribution is -2.04. The van der Waals surface area contributed by atoms with Crippen LogP contribution < -0.4 is 0 Å². The van der Waals surface area contributed by atoms with Gasteiger partial charge in [0.25, 0.3) is 0 Å². The van der Waals surface area contributed by atoms with E-state index in [0.29, 0.717) is 0 Å². The quantitative estimate of drug-likeness (QED) is 0.474. The average Bonchev–Trinajstić information content (AvgIpc) is 2.69. The summed E-state index contributed by atoms with van der Waals surface area (Å²) in [6, 6.07) is 0.276. The maximum atomic E-state index is 4.58. The summed E-state index contributed by atoms with van der Waals surface area (Å²) in [6.07, 6.45) is 11.6. The molecule has 1 nitrogen and oxygen atoms in total. The van der Waals surface area contributed by atoms with Crippen LogP contribution in [0.4, 0.5) is 0 Å². The van der Waals surface area contributed by atoms with Gasteiger partial charge in [0.1, 0.15) is 0 Å². The molecular formula is C13H21N. The van der Waals surface area contributed by atoms with Crippen molar-refractivity contribution in [2.45, 2.75) is 45.6 Å². The fourth-order valence-corrected chi connectivity index (χ4v) is 1.97. The lowest BCUT2D eigenvalue weighted by molar-refractivity contribution is 0.733. The number of allylic oxidation sites excluding steroid dienone is 1. The van der Waals surface area contributed by atoms with Gasteiger partial charge in [-0.1, -0.05) is 31.6 Å². The molecule has 0 spiro atoms. The standard InChI is InChI=1S/C13H21N/c1-4-13(5-2)11(3)14-10-12-8-6-7-9-12/h4-5,10-12H,1,6-9H2,2-3H3/b13-5+,14-10?/t11-/m0/s1. The van der Waals surface area contributed by atoms with Crippen molar-refractivity contribution in [2.75, 3.05) is 0 Å². The molecule has 0 N–H and O–H groups in total. The van der Waals surface area contributed by atoms with Crippen LogP contribution in [0.25, 0.3) is 0 Å². The average molecular weight is 191 g/mol. The molecule has 0 saturated heterocycles. The minimum Gasteiger partial charge on any atom is -0.289 e. The Morgan fingerprint density at radius 2 is 2.07 bits per heavy atom.